The van der Waals surface area contributed by atoms with Gasteiger partial charge in [-0.15, -0.1) is 0 Å². The van der Waals surface area contributed by atoms with Crippen LogP contribution < -0.4 is 10.6 Å². The molecule has 48 heavy (non-hydrogen) atoms. The average molecular weight is 627 g/mol. The smallest absolute Gasteiger partial charge is 0.0464 e. The SMILES string of the molecule is C=C(/C=C\C(=C/C)c1ccccc1)c1cc(-c2cccc(-c3cc(C)ccc3Nc3ccccc3)c2)ccc1NC1=CC=CCC1.CC. The van der Waals surface area contributed by atoms with Crippen LogP contribution in [0.1, 0.15) is 50.3 Å². The van der Waals surface area contributed by atoms with Gasteiger partial charge in [0.25, 0.3) is 0 Å². The molecule has 5 aromatic rings. The second-order valence-electron chi connectivity index (χ2n) is 11.6. The highest BCUT2D eigenvalue weighted by atomic mass is 14.9. The monoisotopic (exact) mass is 626 g/mol. The zero-order valence-electron chi connectivity index (χ0n) is 28.6. The summed E-state index contributed by atoms with van der Waals surface area (Å²) < 4.78 is 0. The van der Waals surface area contributed by atoms with Gasteiger partial charge in [-0.1, -0.05) is 135 Å². The minimum absolute atomic E-state index is 0.954. The highest BCUT2D eigenvalue weighted by molar-refractivity contribution is 5.89. The Labute approximate surface area is 287 Å². The van der Waals surface area contributed by atoms with Crippen molar-refractivity contribution in [2.45, 2.75) is 40.5 Å². The Bertz CT molecular complexity index is 1960. The number of rotatable bonds is 10. The van der Waals surface area contributed by atoms with Crippen molar-refractivity contribution in [1.82, 2.24) is 0 Å². The fourth-order valence-corrected chi connectivity index (χ4v) is 5.80. The van der Waals surface area contributed by atoms with Crippen molar-refractivity contribution in [3.63, 3.8) is 0 Å². The molecular weight excluding hydrogens is 581 g/mol. The van der Waals surface area contributed by atoms with E-state index in [1.165, 1.54) is 33.5 Å². The highest BCUT2D eigenvalue weighted by Gasteiger charge is 2.12. The van der Waals surface area contributed by atoms with E-state index in [4.69, 9.17) is 0 Å². The second kappa shape index (κ2) is 16.8. The third kappa shape index (κ3) is 8.60. The third-order valence-electron chi connectivity index (χ3n) is 8.29. The van der Waals surface area contributed by atoms with E-state index in [0.717, 1.165) is 52.2 Å². The molecule has 0 unspecified atom stereocenters. The Balaban J connectivity index is 0.00000221. The van der Waals surface area contributed by atoms with E-state index < -0.39 is 0 Å². The van der Waals surface area contributed by atoms with Gasteiger partial charge in [-0.05, 0) is 109 Å². The van der Waals surface area contributed by atoms with Gasteiger partial charge in [0.1, 0.15) is 0 Å². The van der Waals surface area contributed by atoms with Crippen LogP contribution in [-0.2, 0) is 0 Å². The van der Waals surface area contributed by atoms with Crippen molar-refractivity contribution in [2.24, 2.45) is 0 Å². The fourth-order valence-electron chi connectivity index (χ4n) is 5.80. The molecule has 2 N–H and O–H groups in total. The summed E-state index contributed by atoms with van der Waals surface area (Å²) in [6.45, 7) is 12.8. The predicted octanol–water partition coefficient (Wildman–Crippen LogP) is 13.4. The van der Waals surface area contributed by atoms with E-state index in [2.05, 4.69) is 177 Å². The Kier molecular flexibility index (Phi) is 11.8. The molecular formula is C46H46N2. The van der Waals surface area contributed by atoms with Gasteiger partial charge in [0.05, 0.1) is 0 Å². The molecule has 0 amide bonds. The molecule has 0 heterocycles. The van der Waals surface area contributed by atoms with Crippen LogP contribution in [0.5, 0.6) is 0 Å². The molecule has 0 saturated heterocycles. The first-order chi connectivity index (χ1) is 23.6. The van der Waals surface area contributed by atoms with Crippen LogP contribution in [0.15, 0.2) is 170 Å². The number of hydrogen-bond donors (Lipinski definition) is 2. The number of allylic oxidation sites excluding steroid dienone is 9. The van der Waals surface area contributed by atoms with E-state index in [0.29, 0.717) is 0 Å². The molecule has 0 spiro atoms. The van der Waals surface area contributed by atoms with Gasteiger partial charge in [-0.2, -0.15) is 0 Å². The van der Waals surface area contributed by atoms with E-state index in [-0.39, 0.29) is 0 Å². The Hall–Kier alpha value is -5.60. The quantitative estimate of drug-likeness (QED) is 0.151. The molecule has 5 aromatic carbocycles. The van der Waals surface area contributed by atoms with Gasteiger partial charge >= 0.3 is 0 Å². The van der Waals surface area contributed by atoms with Gasteiger partial charge in [0.2, 0.25) is 0 Å². The highest BCUT2D eigenvalue weighted by Crippen LogP contribution is 2.36. The summed E-state index contributed by atoms with van der Waals surface area (Å²) >= 11 is 0. The Morgan fingerprint density at radius 1 is 0.688 bits per heavy atom. The van der Waals surface area contributed by atoms with Crippen molar-refractivity contribution in [1.29, 1.82) is 0 Å². The molecule has 0 aliphatic heterocycles. The van der Waals surface area contributed by atoms with E-state index in [1.54, 1.807) is 0 Å². The normalized spacial score (nSPS) is 12.6. The van der Waals surface area contributed by atoms with Gasteiger partial charge in [0.15, 0.2) is 0 Å². The lowest BCUT2D eigenvalue weighted by Gasteiger charge is -2.18. The molecule has 0 aromatic heterocycles. The number of aryl methyl sites for hydroxylation is 1. The molecule has 2 heteroatoms. The lowest BCUT2D eigenvalue weighted by Crippen LogP contribution is -2.03. The van der Waals surface area contributed by atoms with Crippen molar-refractivity contribution >= 4 is 28.2 Å². The first-order valence-electron chi connectivity index (χ1n) is 17.0. The van der Waals surface area contributed by atoms with Gasteiger partial charge < -0.3 is 10.6 Å². The zero-order chi connectivity index (χ0) is 33.7. The lowest BCUT2D eigenvalue weighted by atomic mass is 9.93. The molecule has 2 nitrogen and oxygen atoms in total. The van der Waals surface area contributed by atoms with Crippen LogP contribution in [0.2, 0.25) is 0 Å². The Morgan fingerprint density at radius 3 is 2.12 bits per heavy atom. The summed E-state index contributed by atoms with van der Waals surface area (Å²) in [7, 11) is 0. The fraction of sp³-hybridized carbons (Fsp3) is 0.130. The Morgan fingerprint density at radius 2 is 1.40 bits per heavy atom. The number of hydrogen-bond acceptors (Lipinski definition) is 2. The van der Waals surface area contributed by atoms with Crippen LogP contribution in [0, 0.1) is 6.92 Å². The minimum atomic E-state index is 0.954. The maximum absolute atomic E-state index is 4.54. The first-order valence-corrected chi connectivity index (χ1v) is 17.0. The summed E-state index contributed by atoms with van der Waals surface area (Å²) in [5.74, 6) is 0. The largest absolute Gasteiger partial charge is 0.358 e. The molecule has 1 aliphatic carbocycles. The van der Waals surface area contributed by atoms with Crippen LogP contribution in [-0.4, -0.2) is 0 Å². The second-order valence-corrected chi connectivity index (χ2v) is 11.6. The van der Waals surface area contributed by atoms with Crippen molar-refractivity contribution < 1.29 is 0 Å². The van der Waals surface area contributed by atoms with Crippen LogP contribution in [0.4, 0.5) is 17.1 Å². The van der Waals surface area contributed by atoms with Gasteiger partial charge in [-0.25, -0.2) is 0 Å². The van der Waals surface area contributed by atoms with E-state index in [1.807, 2.05) is 26.0 Å². The van der Waals surface area contributed by atoms with E-state index in [9.17, 15) is 0 Å². The lowest BCUT2D eigenvalue weighted by molar-refractivity contribution is 0.966. The number of anilines is 3. The molecule has 0 bridgehead atoms. The third-order valence-corrected chi connectivity index (χ3v) is 8.29. The van der Waals surface area contributed by atoms with E-state index >= 15 is 0 Å². The van der Waals surface area contributed by atoms with Gasteiger partial charge in [-0.3, -0.25) is 0 Å². The summed E-state index contributed by atoms with van der Waals surface area (Å²) in [6.07, 6.45) is 15.0. The van der Waals surface area contributed by atoms with Crippen molar-refractivity contribution in [2.75, 3.05) is 10.6 Å². The summed E-state index contributed by atoms with van der Waals surface area (Å²) in [6, 6.07) is 42.9. The minimum Gasteiger partial charge on any atom is -0.358 e. The molecule has 240 valence electrons. The molecule has 0 fully saturated rings. The van der Waals surface area contributed by atoms with Crippen molar-refractivity contribution in [3.8, 4) is 22.3 Å². The van der Waals surface area contributed by atoms with Crippen LogP contribution in [0.25, 0.3) is 33.4 Å². The molecule has 0 radical (unpaired) electrons. The molecule has 0 atom stereocenters. The molecule has 6 rings (SSSR count). The topological polar surface area (TPSA) is 24.1 Å². The standard InChI is InChI=1S/C44H40N2.C2H6/c1-4-34(35-15-8-5-9-16-35)25-24-33(3)41-31-37(26-28-43(41)45-39-19-10-6-11-20-39)36-17-14-18-38(30-36)42-29-32(2)23-27-44(42)46-40-21-12-7-13-22-40;1-2/h4-10,12-19,21-31,45-46H,3,11,20H2,1-2H3;1-2H3/b25-24-,34-4+;. The van der Waals surface area contributed by atoms with Crippen molar-refractivity contribution in [3.05, 3.63) is 187 Å². The summed E-state index contributed by atoms with van der Waals surface area (Å²) in [5, 5.41) is 7.33. The number of nitrogens with one attached hydrogen (secondary N) is 2. The predicted molar refractivity (Wildman–Crippen MR) is 211 cm³/mol. The maximum Gasteiger partial charge on any atom is 0.0464 e. The summed E-state index contributed by atoms with van der Waals surface area (Å²) in [5.41, 5.74) is 14.7. The van der Waals surface area contributed by atoms with Crippen LogP contribution >= 0.6 is 0 Å². The zero-order valence-corrected chi connectivity index (χ0v) is 28.6. The average Bonchev–Trinajstić information content (AvgIpc) is 3.15. The maximum atomic E-state index is 4.54. The number of para-hydroxylation sites is 1. The van der Waals surface area contributed by atoms with Crippen LogP contribution in [0.3, 0.4) is 0 Å². The molecule has 1 aliphatic rings. The molecule has 0 saturated carbocycles. The first kappa shape index (κ1) is 33.8. The van der Waals surface area contributed by atoms with Gasteiger partial charge in [0, 0.05) is 33.9 Å². The number of benzene rings is 5. The summed E-state index contributed by atoms with van der Waals surface area (Å²) in [4.78, 5) is 0.